The van der Waals surface area contributed by atoms with Crippen LogP contribution in [0.3, 0.4) is 0 Å². The molecule has 1 N–H and O–H groups in total. The molecule has 1 heterocycles. The Morgan fingerprint density at radius 2 is 1.89 bits per heavy atom. The molecule has 0 spiro atoms. The number of aromatic nitrogens is 2. The Morgan fingerprint density at radius 3 is 2.70 bits per heavy atom. The van der Waals surface area contributed by atoms with Crippen LogP contribution in [0.5, 0.6) is 0 Å². The number of carbonyl (C=O) groups is 1. The average molecular weight is 380 g/mol. The van der Waals surface area contributed by atoms with Crippen molar-refractivity contribution in [3.63, 3.8) is 0 Å². The first-order chi connectivity index (χ1) is 13.1. The second-order valence-electron chi connectivity index (χ2n) is 7.00. The van der Waals surface area contributed by atoms with E-state index >= 15 is 0 Å². The second-order valence-corrected chi connectivity index (χ2v) is 7.36. The maximum Gasteiger partial charge on any atom is 0.260 e. The summed E-state index contributed by atoms with van der Waals surface area (Å²) < 4.78 is 1.68. The average Bonchev–Trinajstić information content (AvgIpc) is 2.96. The molecule has 0 fully saturated rings. The fourth-order valence-electron chi connectivity index (χ4n) is 3.76. The highest BCUT2D eigenvalue weighted by molar-refractivity contribution is 6.33. The highest BCUT2D eigenvalue weighted by atomic mass is 35.5. The Bertz CT molecular complexity index is 979. The Labute approximate surface area is 164 Å². The molecule has 1 amide bonds. The first kappa shape index (κ1) is 17.8. The Kier molecular flexibility index (Phi) is 4.99. The predicted octanol–water partition coefficient (Wildman–Crippen LogP) is 5.02. The number of nitrogens with zero attached hydrogens (tertiary/aromatic N) is 2. The van der Waals surface area contributed by atoms with Crippen LogP contribution >= 0.6 is 11.6 Å². The van der Waals surface area contributed by atoms with Crippen LogP contribution in [0, 0.1) is 6.92 Å². The quantitative estimate of drug-likeness (QED) is 0.691. The van der Waals surface area contributed by atoms with Crippen molar-refractivity contribution in [1.29, 1.82) is 0 Å². The molecule has 0 bridgehead atoms. The molecule has 0 radical (unpaired) electrons. The van der Waals surface area contributed by atoms with Crippen molar-refractivity contribution in [2.24, 2.45) is 0 Å². The van der Waals surface area contributed by atoms with E-state index in [1.165, 1.54) is 17.5 Å². The number of fused-ring (bicyclic) bond motifs is 1. The molecular weight excluding hydrogens is 358 g/mol. The number of anilines is 1. The topological polar surface area (TPSA) is 46.9 Å². The smallest absolute Gasteiger partial charge is 0.260 e. The van der Waals surface area contributed by atoms with Gasteiger partial charge in [-0.1, -0.05) is 54.1 Å². The van der Waals surface area contributed by atoms with Gasteiger partial charge in [-0.25, -0.2) is 4.68 Å². The Hall–Kier alpha value is -2.59. The van der Waals surface area contributed by atoms with E-state index in [-0.39, 0.29) is 5.91 Å². The molecule has 0 saturated carbocycles. The summed E-state index contributed by atoms with van der Waals surface area (Å²) in [6.07, 6.45) is 4.45. The van der Waals surface area contributed by atoms with E-state index in [9.17, 15) is 4.79 Å². The maximum absolute atomic E-state index is 13.0. The molecule has 5 heteroatoms. The molecule has 1 aromatic heterocycles. The lowest BCUT2D eigenvalue weighted by molar-refractivity contribution is 0.102. The molecule has 3 aromatic rings. The van der Waals surface area contributed by atoms with Crippen LogP contribution in [-0.2, 0) is 19.4 Å². The summed E-state index contributed by atoms with van der Waals surface area (Å²) in [7, 11) is 0. The first-order valence-corrected chi connectivity index (χ1v) is 9.70. The lowest BCUT2D eigenvalue weighted by atomic mass is 9.90. The van der Waals surface area contributed by atoms with Gasteiger partial charge in [0.2, 0.25) is 0 Å². The highest BCUT2D eigenvalue weighted by Crippen LogP contribution is 2.29. The van der Waals surface area contributed by atoms with Crippen molar-refractivity contribution in [2.75, 3.05) is 5.32 Å². The number of hydrogen-bond donors (Lipinski definition) is 1. The van der Waals surface area contributed by atoms with E-state index in [1.807, 2.05) is 49.4 Å². The van der Waals surface area contributed by atoms with E-state index < -0.39 is 0 Å². The summed E-state index contributed by atoms with van der Waals surface area (Å²) in [5, 5.41) is 7.92. The van der Waals surface area contributed by atoms with Crippen LogP contribution in [0.25, 0.3) is 0 Å². The van der Waals surface area contributed by atoms with Gasteiger partial charge in [-0.05, 0) is 55.4 Å². The van der Waals surface area contributed by atoms with Gasteiger partial charge in [-0.3, -0.25) is 4.79 Å². The van der Waals surface area contributed by atoms with E-state index in [1.54, 1.807) is 4.68 Å². The van der Waals surface area contributed by atoms with E-state index in [4.69, 9.17) is 11.6 Å². The lowest BCUT2D eigenvalue weighted by Gasteiger charge is -2.19. The van der Waals surface area contributed by atoms with Gasteiger partial charge in [-0.2, -0.15) is 5.10 Å². The van der Waals surface area contributed by atoms with E-state index in [0.29, 0.717) is 23.0 Å². The summed E-state index contributed by atoms with van der Waals surface area (Å²) in [5.74, 6) is -0.198. The largest absolute Gasteiger partial charge is 0.322 e. The maximum atomic E-state index is 13.0. The van der Waals surface area contributed by atoms with Gasteiger partial charge in [0.25, 0.3) is 5.91 Å². The van der Waals surface area contributed by atoms with Gasteiger partial charge in [0.05, 0.1) is 17.8 Å². The minimum absolute atomic E-state index is 0.198. The monoisotopic (exact) mass is 379 g/mol. The van der Waals surface area contributed by atoms with Gasteiger partial charge < -0.3 is 5.32 Å². The normalized spacial score (nSPS) is 13.3. The predicted molar refractivity (Wildman–Crippen MR) is 109 cm³/mol. The zero-order valence-electron chi connectivity index (χ0n) is 15.3. The zero-order valence-corrected chi connectivity index (χ0v) is 16.1. The number of benzene rings is 2. The molecular formula is C22H22ClN3O. The number of rotatable bonds is 4. The van der Waals surface area contributed by atoms with Crippen molar-refractivity contribution >= 4 is 23.2 Å². The Balaban J connectivity index is 1.60. The van der Waals surface area contributed by atoms with E-state index in [0.717, 1.165) is 30.5 Å². The van der Waals surface area contributed by atoms with Gasteiger partial charge in [0.1, 0.15) is 5.15 Å². The number of aryl methyl sites for hydroxylation is 2. The molecule has 2 aromatic carbocycles. The van der Waals surface area contributed by atoms with Crippen LogP contribution in [0.1, 0.15) is 45.6 Å². The third kappa shape index (κ3) is 3.62. The summed E-state index contributed by atoms with van der Waals surface area (Å²) in [5.41, 5.74) is 5.65. The number of nitrogens with one attached hydrogen (secondary N) is 1. The van der Waals surface area contributed by atoms with Crippen molar-refractivity contribution < 1.29 is 4.79 Å². The highest BCUT2D eigenvalue weighted by Gasteiger charge is 2.22. The zero-order chi connectivity index (χ0) is 18.8. The molecule has 0 unspecified atom stereocenters. The number of amides is 1. The molecule has 27 heavy (non-hydrogen) atoms. The van der Waals surface area contributed by atoms with E-state index in [2.05, 4.69) is 16.5 Å². The van der Waals surface area contributed by atoms with Crippen molar-refractivity contribution in [2.45, 2.75) is 39.2 Å². The Morgan fingerprint density at radius 1 is 1.11 bits per heavy atom. The van der Waals surface area contributed by atoms with Crippen molar-refractivity contribution in [3.8, 4) is 0 Å². The summed E-state index contributed by atoms with van der Waals surface area (Å²) in [6, 6.07) is 16.1. The van der Waals surface area contributed by atoms with Crippen LogP contribution in [-0.4, -0.2) is 15.7 Å². The number of carbonyl (C=O) groups excluding carboxylic acids is 1. The third-order valence-corrected chi connectivity index (χ3v) is 5.50. The van der Waals surface area contributed by atoms with Gasteiger partial charge in [-0.15, -0.1) is 0 Å². The van der Waals surface area contributed by atoms with Crippen LogP contribution in [0.4, 0.5) is 5.69 Å². The third-order valence-electron chi connectivity index (χ3n) is 5.11. The summed E-state index contributed by atoms with van der Waals surface area (Å²) >= 11 is 6.52. The molecule has 4 rings (SSSR count). The van der Waals surface area contributed by atoms with Crippen LogP contribution < -0.4 is 5.32 Å². The minimum atomic E-state index is -0.198. The van der Waals surface area contributed by atoms with Crippen LogP contribution in [0.2, 0.25) is 5.15 Å². The van der Waals surface area contributed by atoms with Gasteiger partial charge in [0.15, 0.2) is 0 Å². The molecule has 1 aliphatic carbocycles. The fourth-order valence-corrected chi connectivity index (χ4v) is 4.08. The molecule has 4 nitrogen and oxygen atoms in total. The summed E-state index contributed by atoms with van der Waals surface area (Å²) in [6.45, 7) is 2.36. The molecule has 0 aliphatic heterocycles. The lowest BCUT2D eigenvalue weighted by Crippen LogP contribution is -2.16. The SMILES string of the molecule is Cc1nn(Cc2ccccc2)c(Cl)c1C(=O)Nc1cccc2c1CCCC2. The van der Waals surface area contributed by atoms with Crippen molar-refractivity contribution in [3.05, 3.63) is 81.6 Å². The first-order valence-electron chi connectivity index (χ1n) is 9.32. The molecule has 1 aliphatic rings. The van der Waals surface area contributed by atoms with Gasteiger partial charge >= 0.3 is 0 Å². The number of hydrogen-bond acceptors (Lipinski definition) is 2. The number of halogens is 1. The molecule has 0 atom stereocenters. The summed E-state index contributed by atoms with van der Waals surface area (Å²) in [4.78, 5) is 13.0. The second kappa shape index (κ2) is 7.57. The van der Waals surface area contributed by atoms with Gasteiger partial charge in [0, 0.05) is 5.69 Å². The van der Waals surface area contributed by atoms with Crippen LogP contribution in [0.15, 0.2) is 48.5 Å². The molecule has 138 valence electrons. The standard InChI is InChI=1S/C22H22ClN3O/c1-15-20(21(23)26(25-15)14-16-8-3-2-4-9-16)22(27)24-19-13-7-11-17-10-5-6-12-18(17)19/h2-4,7-9,11,13H,5-6,10,12,14H2,1H3,(H,24,27). The van der Waals surface area contributed by atoms with Crippen molar-refractivity contribution in [1.82, 2.24) is 9.78 Å². The molecule has 0 saturated heterocycles. The minimum Gasteiger partial charge on any atom is -0.322 e. The fraction of sp³-hybridized carbons (Fsp3) is 0.273.